The molecule has 0 aliphatic rings. The van der Waals surface area contributed by atoms with Gasteiger partial charge in [-0.1, -0.05) is 27.7 Å². The van der Waals surface area contributed by atoms with E-state index in [2.05, 4.69) is 25.8 Å². The molecule has 90 valence electrons. The minimum Gasteiger partial charge on any atom is -0.469 e. The zero-order valence-corrected chi connectivity index (χ0v) is 11.4. The Morgan fingerprint density at radius 2 is 2.19 bits per heavy atom. The third-order valence-electron chi connectivity index (χ3n) is 2.41. The summed E-state index contributed by atoms with van der Waals surface area (Å²) in [5.74, 6) is -0.425. The van der Waals surface area contributed by atoms with E-state index in [-0.39, 0.29) is 17.3 Å². The lowest BCUT2D eigenvalue weighted by Crippen LogP contribution is -2.15. The SMILES string of the molecule is CCC(C(=O)OC)c1csc(C(C)(C)C)n1. The fourth-order valence-electron chi connectivity index (χ4n) is 1.43. The van der Waals surface area contributed by atoms with Crippen molar-refractivity contribution in [3.05, 3.63) is 16.1 Å². The predicted octanol–water partition coefficient (Wildman–Crippen LogP) is 3.11. The zero-order valence-electron chi connectivity index (χ0n) is 10.5. The molecule has 0 N–H and O–H groups in total. The Kier molecular flexibility index (Phi) is 4.08. The summed E-state index contributed by atoms with van der Waals surface area (Å²) in [6.45, 7) is 8.33. The van der Waals surface area contributed by atoms with E-state index in [1.54, 1.807) is 11.3 Å². The molecule has 1 unspecified atom stereocenters. The van der Waals surface area contributed by atoms with Crippen LogP contribution >= 0.6 is 11.3 Å². The van der Waals surface area contributed by atoms with Crippen LogP contribution in [0.1, 0.15) is 50.7 Å². The van der Waals surface area contributed by atoms with Gasteiger partial charge in [0.05, 0.1) is 23.7 Å². The number of rotatable bonds is 3. The van der Waals surface area contributed by atoms with E-state index in [4.69, 9.17) is 4.74 Å². The lowest BCUT2D eigenvalue weighted by molar-refractivity contribution is -0.142. The summed E-state index contributed by atoms with van der Waals surface area (Å²) >= 11 is 1.61. The molecule has 0 saturated carbocycles. The number of hydrogen-bond donors (Lipinski definition) is 0. The van der Waals surface area contributed by atoms with Crippen LogP contribution in [0.3, 0.4) is 0 Å². The molecule has 0 spiro atoms. The third-order valence-corrected chi connectivity index (χ3v) is 3.70. The van der Waals surface area contributed by atoms with Gasteiger partial charge in [-0.25, -0.2) is 4.98 Å². The second kappa shape index (κ2) is 4.95. The van der Waals surface area contributed by atoms with E-state index >= 15 is 0 Å². The molecule has 0 amide bonds. The van der Waals surface area contributed by atoms with Crippen molar-refractivity contribution in [2.75, 3.05) is 7.11 Å². The average molecular weight is 241 g/mol. The number of aromatic nitrogens is 1. The lowest BCUT2D eigenvalue weighted by atomic mass is 9.98. The van der Waals surface area contributed by atoms with Crippen LogP contribution in [0.2, 0.25) is 0 Å². The molecule has 0 radical (unpaired) electrons. The number of carbonyl (C=O) groups excluding carboxylic acids is 1. The first-order valence-corrected chi connectivity index (χ1v) is 6.31. The molecule has 0 aliphatic carbocycles. The summed E-state index contributed by atoms with van der Waals surface area (Å²) in [7, 11) is 1.42. The van der Waals surface area contributed by atoms with Crippen LogP contribution in [0, 0.1) is 0 Å². The maximum atomic E-state index is 11.5. The van der Waals surface area contributed by atoms with Gasteiger partial charge >= 0.3 is 5.97 Å². The Morgan fingerprint density at radius 3 is 2.56 bits per heavy atom. The number of methoxy groups -OCH3 is 1. The van der Waals surface area contributed by atoms with E-state index in [1.165, 1.54) is 7.11 Å². The van der Waals surface area contributed by atoms with E-state index in [0.717, 1.165) is 17.1 Å². The van der Waals surface area contributed by atoms with Gasteiger partial charge in [-0.2, -0.15) is 0 Å². The molecule has 1 aromatic rings. The Balaban J connectivity index is 2.96. The molecule has 0 bridgehead atoms. The highest BCUT2D eigenvalue weighted by Gasteiger charge is 2.25. The molecular formula is C12H19NO2S. The van der Waals surface area contributed by atoms with Crippen LogP contribution in [0.25, 0.3) is 0 Å². The van der Waals surface area contributed by atoms with Gasteiger partial charge in [0.25, 0.3) is 0 Å². The summed E-state index contributed by atoms with van der Waals surface area (Å²) in [5, 5.41) is 3.02. The van der Waals surface area contributed by atoms with Crippen LogP contribution < -0.4 is 0 Å². The molecule has 1 atom stereocenters. The van der Waals surface area contributed by atoms with Crippen LogP contribution in [0.4, 0.5) is 0 Å². The second-order valence-electron chi connectivity index (χ2n) is 4.81. The summed E-state index contributed by atoms with van der Waals surface area (Å²) in [6.07, 6.45) is 0.722. The number of hydrogen-bond acceptors (Lipinski definition) is 4. The Bertz CT molecular complexity index is 365. The van der Waals surface area contributed by atoms with Gasteiger partial charge in [0.2, 0.25) is 0 Å². The molecule has 16 heavy (non-hydrogen) atoms. The van der Waals surface area contributed by atoms with Crippen molar-refractivity contribution < 1.29 is 9.53 Å². The monoisotopic (exact) mass is 241 g/mol. The van der Waals surface area contributed by atoms with E-state index in [9.17, 15) is 4.79 Å². The first kappa shape index (κ1) is 13.2. The van der Waals surface area contributed by atoms with Crippen molar-refractivity contribution >= 4 is 17.3 Å². The number of carbonyl (C=O) groups is 1. The zero-order chi connectivity index (χ0) is 12.3. The summed E-state index contributed by atoms with van der Waals surface area (Å²) < 4.78 is 4.78. The molecule has 4 heteroatoms. The Labute approximate surface area is 101 Å². The van der Waals surface area contributed by atoms with Crippen LogP contribution in [0.15, 0.2) is 5.38 Å². The second-order valence-corrected chi connectivity index (χ2v) is 5.67. The predicted molar refractivity (Wildman–Crippen MR) is 65.9 cm³/mol. The molecule has 0 fully saturated rings. The standard InChI is InChI=1S/C12H19NO2S/c1-6-8(10(14)15-5)9-7-16-11(13-9)12(2,3)4/h7-8H,6H2,1-5H3. The van der Waals surface area contributed by atoms with Crippen molar-refractivity contribution in [1.82, 2.24) is 4.98 Å². The fraction of sp³-hybridized carbons (Fsp3) is 0.667. The molecule has 1 heterocycles. The van der Waals surface area contributed by atoms with Gasteiger partial charge in [0.15, 0.2) is 0 Å². The summed E-state index contributed by atoms with van der Waals surface area (Å²) in [5.41, 5.74) is 0.876. The van der Waals surface area contributed by atoms with E-state index in [1.807, 2.05) is 12.3 Å². The van der Waals surface area contributed by atoms with Gasteiger partial charge < -0.3 is 4.74 Å². The maximum absolute atomic E-state index is 11.5. The topological polar surface area (TPSA) is 39.2 Å². The van der Waals surface area contributed by atoms with Gasteiger partial charge in [-0.3, -0.25) is 4.79 Å². The molecule has 0 aromatic carbocycles. The van der Waals surface area contributed by atoms with Crippen molar-refractivity contribution in [3.63, 3.8) is 0 Å². The van der Waals surface area contributed by atoms with Crippen molar-refractivity contribution in [1.29, 1.82) is 0 Å². The Morgan fingerprint density at radius 1 is 1.56 bits per heavy atom. The van der Waals surface area contributed by atoms with Crippen LogP contribution in [-0.4, -0.2) is 18.1 Å². The van der Waals surface area contributed by atoms with Gasteiger partial charge in [0.1, 0.15) is 0 Å². The average Bonchev–Trinajstić information content (AvgIpc) is 2.67. The van der Waals surface area contributed by atoms with Crippen molar-refractivity contribution in [2.24, 2.45) is 0 Å². The molecule has 0 saturated heterocycles. The minimum atomic E-state index is -0.225. The van der Waals surface area contributed by atoms with Crippen LogP contribution in [0.5, 0.6) is 0 Å². The summed E-state index contributed by atoms with van der Waals surface area (Å²) in [4.78, 5) is 16.1. The van der Waals surface area contributed by atoms with E-state index in [0.29, 0.717) is 0 Å². The highest BCUT2D eigenvalue weighted by atomic mass is 32.1. The quantitative estimate of drug-likeness (QED) is 0.763. The highest BCUT2D eigenvalue weighted by Crippen LogP contribution is 2.29. The number of nitrogens with zero attached hydrogens (tertiary/aromatic N) is 1. The van der Waals surface area contributed by atoms with Crippen LogP contribution in [-0.2, 0) is 14.9 Å². The van der Waals surface area contributed by atoms with E-state index < -0.39 is 0 Å². The fourth-order valence-corrected chi connectivity index (χ4v) is 2.39. The smallest absolute Gasteiger partial charge is 0.314 e. The molecule has 1 aromatic heterocycles. The lowest BCUT2D eigenvalue weighted by Gasteiger charge is -2.14. The normalized spacial score (nSPS) is 13.6. The molecule has 3 nitrogen and oxygen atoms in total. The van der Waals surface area contributed by atoms with Gasteiger partial charge in [-0.05, 0) is 6.42 Å². The third kappa shape index (κ3) is 2.82. The first-order valence-electron chi connectivity index (χ1n) is 5.43. The van der Waals surface area contributed by atoms with Gasteiger partial charge in [-0.15, -0.1) is 11.3 Å². The van der Waals surface area contributed by atoms with Gasteiger partial charge in [0, 0.05) is 10.8 Å². The highest BCUT2D eigenvalue weighted by molar-refractivity contribution is 7.09. The number of thiazole rings is 1. The number of esters is 1. The molecular weight excluding hydrogens is 222 g/mol. The largest absolute Gasteiger partial charge is 0.469 e. The maximum Gasteiger partial charge on any atom is 0.314 e. The number of ether oxygens (including phenoxy) is 1. The Hall–Kier alpha value is -0.900. The molecule has 0 aliphatic heterocycles. The first-order chi connectivity index (χ1) is 7.40. The molecule has 1 rings (SSSR count). The van der Waals surface area contributed by atoms with Crippen molar-refractivity contribution in [2.45, 2.75) is 45.4 Å². The summed E-state index contributed by atoms with van der Waals surface area (Å²) in [6, 6.07) is 0. The minimum absolute atomic E-state index is 0.0390. The van der Waals surface area contributed by atoms with Crippen molar-refractivity contribution in [3.8, 4) is 0 Å².